The van der Waals surface area contributed by atoms with Crippen molar-refractivity contribution in [1.29, 1.82) is 0 Å². The van der Waals surface area contributed by atoms with Crippen molar-refractivity contribution in [2.24, 2.45) is 28.6 Å². The first-order valence-corrected chi connectivity index (χ1v) is 9.66. The average molecular weight is 392 g/mol. The van der Waals surface area contributed by atoms with E-state index in [1.165, 1.54) is 20.8 Å². The van der Waals surface area contributed by atoms with Crippen molar-refractivity contribution in [3.8, 4) is 0 Å². The van der Waals surface area contributed by atoms with Crippen LogP contribution >= 0.6 is 0 Å². The minimum Gasteiger partial charge on any atom is -0.465 e. The molecule has 0 amide bonds. The molecule has 4 aliphatic rings. The van der Waals surface area contributed by atoms with Gasteiger partial charge < -0.3 is 14.2 Å². The molecule has 0 heterocycles. The topological polar surface area (TPSA) is 96.0 Å². The van der Waals surface area contributed by atoms with Crippen molar-refractivity contribution in [2.45, 2.75) is 53.1 Å². The lowest BCUT2D eigenvalue weighted by Gasteiger charge is -2.67. The van der Waals surface area contributed by atoms with Gasteiger partial charge in [-0.05, 0) is 36.2 Å². The molecule has 4 fully saturated rings. The van der Waals surface area contributed by atoms with Crippen molar-refractivity contribution < 1.29 is 33.4 Å². The molecule has 0 saturated heterocycles. The highest BCUT2D eigenvalue weighted by Gasteiger charge is 2.73. The number of ether oxygens (including phenoxy) is 3. The van der Waals surface area contributed by atoms with Crippen LogP contribution in [0.2, 0.25) is 0 Å². The summed E-state index contributed by atoms with van der Waals surface area (Å²) in [6.45, 7) is 10.5. The molecular weight excluding hydrogens is 364 g/mol. The number of rotatable bonds is 5. The van der Waals surface area contributed by atoms with E-state index in [2.05, 4.69) is 6.58 Å². The van der Waals surface area contributed by atoms with Gasteiger partial charge in [0, 0.05) is 38.0 Å². The highest BCUT2D eigenvalue weighted by Crippen LogP contribution is 2.73. The maximum atomic E-state index is 12.4. The van der Waals surface area contributed by atoms with Gasteiger partial charge in [0.2, 0.25) is 0 Å². The van der Waals surface area contributed by atoms with Gasteiger partial charge in [-0.15, -0.1) is 0 Å². The maximum absolute atomic E-state index is 12.4. The van der Waals surface area contributed by atoms with Crippen molar-refractivity contribution in [1.82, 2.24) is 0 Å². The fourth-order valence-electron chi connectivity index (χ4n) is 6.01. The number of fused-ring (bicyclic) bond motifs is 2. The van der Waals surface area contributed by atoms with Gasteiger partial charge in [0.25, 0.3) is 0 Å². The summed E-state index contributed by atoms with van der Waals surface area (Å²) in [5.74, 6) is -1.28. The SMILES string of the molecule is C=C1C(=O)C[C@H]2[C@H]3[C@@H]1[C@]2(COC(C)=O)C[C@H](OC(C)=O)C[C@]3(C)COC(C)=O. The van der Waals surface area contributed by atoms with Gasteiger partial charge in [0.1, 0.15) is 6.10 Å². The Morgan fingerprint density at radius 2 is 1.64 bits per heavy atom. The fourth-order valence-corrected chi connectivity index (χ4v) is 6.01. The molecule has 4 aliphatic carbocycles. The van der Waals surface area contributed by atoms with Crippen LogP contribution in [-0.4, -0.2) is 43.0 Å². The van der Waals surface area contributed by atoms with Crippen molar-refractivity contribution in [3.63, 3.8) is 0 Å². The lowest BCUT2D eigenvalue weighted by Crippen LogP contribution is -2.67. The highest BCUT2D eigenvalue weighted by molar-refractivity contribution is 5.98. The van der Waals surface area contributed by atoms with E-state index >= 15 is 0 Å². The molecule has 0 N–H and O–H groups in total. The van der Waals surface area contributed by atoms with E-state index in [1.807, 2.05) is 6.92 Å². The van der Waals surface area contributed by atoms with Gasteiger partial charge in [-0.2, -0.15) is 0 Å². The van der Waals surface area contributed by atoms with E-state index in [0.717, 1.165) is 0 Å². The molecule has 28 heavy (non-hydrogen) atoms. The summed E-state index contributed by atoms with van der Waals surface area (Å²) in [4.78, 5) is 47.1. The smallest absolute Gasteiger partial charge is 0.302 e. The molecule has 0 radical (unpaired) electrons. The van der Waals surface area contributed by atoms with E-state index in [1.54, 1.807) is 0 Å². The third-order valence-electron chi connectivity index (χ3n) is 6.88. The molecule has 0 aromatic rings. The Kier molecular flexibility index (Phi) is 5.15. The molecule has 7 heteroatoms. The van der Waals surface area contributed by atoms with E-state index in [-0.39, 0.29) is 54.7 Å². The largest absolute Gasteiger partial charge is 0.465 e. The molecule has 0 aliphatic heterocycles. The van der Waals surface area contributed by atoms with Crippen LogP contribution < -0.4 is 0 Å². The monoisotopic (exact) mass is 392 g/mol. The molecule has 0 spiro atoms. The second-order valence-corrected chi connectivity index (χ2v) is 8.85. The van der Waals surface area contributed by atoms with Gasteiger partial charge in [0.05, 0.1) is 13.2 Å². The van der Waals surface area contributed by atoms with Gasteiger partial charge in [0.15, 0.2) is 5.78 Å². The third kappa shape index (κ3) is 3.25. The molecule has 154 valence electrons. The standard InChI is InChI=1S/C21H28O7/c1-11-17(25)6-16-19-18(11)21(16,10-27-13(3)23)8-15(28-14(4)24)7-20(19,5)9-26-12(2)22/h15-16,18-19H,1,6-10H2,2-5H3/t15-,16+,18-,19+,20-,21+/m1/s1. The molecule has 7 nitrogen and oxygen atoms in total. The number of carbonyl (C=O) groups excluding carboxylic acids is 4. The minimum absolute atomic E-state index is 0.0315. The Labute approximate surface area is 164 Å². The summed E-state index contributed by atoms with van der Waals surface area (Å²) < 4.78 is 16.4. The number of esters is 3. The minimum atomic E-state index is -0.477. The summed E-state index contributed by atoms with van der Waals surface area (Å²) in [5.41, 5.74) is -0.409. The lowest BCUT2D eigenvalue weighted by molar-refractivity contribution is -0.207. The van der Waals surface area contributed by atoms with Gasteiger partial charge in [-0.25, -0.2) is 0 Å². The highest BCUT2D eigenvalue weighted by atomic mass is 16.5. The van der Waals surface area contributed by atoms with Gasteiger partial charge in [-0.3, -0.25) is 19.2 Å². The maximum Gasteiger partial charge on any atom is 0.302 e. The van der Waals surface area contributed by atoms with Crippen LogP contribution in [0.15, 0.2) is 12.2 Å². The third-order valence-corrected chi connectivity index (χ3v) is 6.88. The zero-order chi connectivity index (χ0) is 20.9. The van der Waals surface area contributed by atoms with Crippen LogP contribution in [0.1, 0.15) is 47.0 Å². The zero-order valence-electron chi connectivity index (χ0n) is 16.9. The first kappa shape index (κ1) is 20.6. The van der Waals surface area contributed by atoms with Crippen LogP contribution in [0.25, 0.3) is 0 Å². The van der Waals surface area contributed by atoms with Crippen LogP contribution in [0.4, 0.5) is 0 Å². The molecule has 0 aromatic carbocycles. The Hall–Kier alpha value is -2.18. The van der Waals surface area contributed by atoms with Gasteiger partial charge >= 0.3 is 17.9 Å². The number of carbonyl (C=O) groups is 4. The van der Waals surface area contributed by atoms with Crippen LogP contribution in [-0.2, 0) is 33.4 Å². The molecular formula is C21H28O7. The summed E-state index contributed by atoms with van der Waals surface area (Å²) >= 11 is 0. The molecule has 4 bridgehead atoms. The van der Waals surface area contributed by atoms with E-state index in [4.69, 9.17) is 14.2 Å². The summed E-state index contributed by atoms with van der Waals surface area (Å²) in [5, 5.41) is 0. The number of allylic oxidation sites excluding steroid dienone is 1. The predicted octanol–water partition coefficient (Wildman–Crippen LogP) is 2.22. The summed E-state index contributed by atoms with van der Waals surface area (Å²) in [6, 6.07) is 0. The summed E-state index contributed by atoms with van der Waals surface area (Å²) in [6.07, 6.45) is 0.921. The Balaban J connectivity index is 2.01. The number of hydrogen-bond donors (Lipinski definition) is 0. The Bertz CT molecular complexity index is 741. The van der Waals surface area contributed by atoms with E-state index < -0.39 is 16.9 Å². The van der Waals surface area contributed by atoms with Crippen LogP contribution in [0, 0.1) is 28.6 Å². The van der Waals surface area contributed by atoms with Crippen LogP contribution in [0.5, 0.6) is 0 Å². The average Bonchev–Trinajstić information content (AvgIpc) is 2.74. The first-order chi connectivity index (χ1) is 13.0. The number of hydrogen-bond acceptors (Lipinski definition) is 7. The Morgan fingerprint density at radius 3 is 2.18 bits per heavy atom. The second-order valence-electron chi connectivity index (χ2n) is 8.85. The molecule has 0 aromatic heterocycles. The van der Waals surface area contributed by atoms with Crippen molar-refractivity contribution in [3.05, 3.63) is 12.2 Å². The molecule has 0 unspecified atom stereocenters. The summed E-state index contributed by atoms with van der Waals surface area (Å²) in [7, 11) is 0. The lowest BCUT2D eigenvalue weighted by atomic mass is 9.36. The van der Waals surface area contributed by atoms with Gasteiger partial charge in [-0.1, -0.05) is 13.5 Å². The molecule has 4 saturated carbocycles. The van der Waals surface area contributed by atoms with Crippen LogP contribution in [0.3, 0.4) is 0 Å². The van der Waals surface area contributed by atoms with E-state index in [0.29, 0.717) is 24.8 Å². The normalized spacial score (nSPS) is 38.7. The first-order valence-electron chi connectivity index (χ1n) is 9.66. The number of ketones is 1. The zero-order valence-corrected chi connectivity index (χ0v) is 16.9. The van der Waals surface area contributed by atoms with Crippen molar-refractivity contribution >= 4 is 23.7 Å². The molecule has 6 atom stereocenters. The predicted molar refractivity (Wildman–Crippen MR) is 97.8 cm³/mol. The quantitative estimate of drug-likeness (QED) is 0.402. The molecule has 4 rings (SSSR count). The van der Waals surface area contributed by atoms with Crippen molar-refractivity contribution in [2.75, 3.05) is 13.2 Å². The Morgan fingerprint density at radius 1 is 1.04 bits per heavy atom. The second kappa shape index (κ2) is 7.01. The van der Waals surface area contributed by atoms with E-state index in [9.17, 15) is 19.2 Å². The fraction of sp³-hybridized carbons (Fsp3) is 0.714. The number of Topliss-reactive ketones (excluding diaryl/α,β-unsaturated/α-hetero) is 1.